The highest BCUT2D eigenvalue weighted by atomic mass is 35.5. The molecule has 1 atom stereocenters. The molecule has 1 aromatic heterocycles. The summed E-state index contributed by atoms with van der Waals surface area (Å²) < 4.78 is 0. The lowest BCUT2D eigenvalue weighted by molar-refractivity contribution is 0.0938. The molecule has 1 unspecified atom stereocenters. The summed E-state index contributed by atoms with van der Waals surface area (Å²) >= 11 is 6.07. The zero-order valence-electron chi connectivity index (χ0n) is 15.9. The van der Waals surface area contributed by atoms with Crippen molar-refractivity contribution < 1.29 is 4.79 Å². The van der Waals surface area contributed by atoms with Crippen molar-refractivity contribution in [1.82, 2.24) is 15.5 Å². The smallest absolute Gasteiger partial charge is 0.251 e. The molecular formula is C23H21ClN4O. The van der Waals surface area contributed by atoms with Crippen molar-refractivity contribution in [2.45, 2.75) is 13.0 Å². The van der Waals surface area contributed by atoms with E-state index in [1.54, 1.807) is 12.1 Å². The molecule has 0 aliphatic carbocycles. The number of hydrogen-bond acceptors (Lipinski definition) is 3. The van der Waals surface area contributed by atoms with Gasteiger partial charge in [0.1, 0.15) is 0 Å². The third-order valence-electron chi connectivity index (χ3n) is 4.99. The Bertz CT molecular complexity index is 1180. The van der Waals surface area contributed by atoms with Crippen LogP contribution < -0.4 is 11.1 Å². The predicted octanol–water partition coefficient (Wildman–Crippen LogP) is 4.62. The number of amides is 1. The number of aromatic amines is 1. The molecule has 1 amide bonds. The third-order valence-corrected chi connectivity index (χ3v) is 5.23. The van der Waals surface area contributed by atoms with Gasteiger partial charge in [-0.2, -0.15) is 5.10 Å². The molecule has 4 N–H and O–H groups in total. The van der Waals surface area contributed by atoms with Crippen LogP contribution in [0.15, 0.2) is 66.7 Å². The summed E-state index contributed by atoms with van der Waals surface area (Å²) in [5.74, 6) is -0.178. The van der Waals surface area contributed by atoms with E-state index < -0.39 is 0 Å². The van der Waals surface area contributed by atoms with Crippen molar-refractivity contribution in [3.05, 3.63) is 88.6 Å². The molecule has 0 saturated heterocycles. The number of aryl methyl sites for hydroxylation is 1. The van der Waals surface area contributed by atoms with Gasteiger partial charge in [0.25, 0.3) is 5.91 Å². The van der Waals surface area contributed by atoms with Gasteiger partial charge in [-0.05, 0) is 60.0 Å². The number of rotatable bonds is 5. The minimum absolute atomic E-state index is 0.178. The fourth-order valence-electron chi connectivity index (χ4n) is 3.40. The molecule has 4 rings (SSSR count). The second-order valence-electron chi connectivity index (χ2n) is 6.98. The number of carbonyl (C=O) groups excluding carboxylic acids is 1. The van der Waals surface area contributed by atoms with Crippen LogP contribution in [0.5, 0.6) is 0 Å². The molecule has 0 saturated carbocycles. The number of halogens is 1. The van der Waals surface area contributed by atoms with Crippen LogP contribution in [-0.2, 0) is 0 Å². The molecule has 146 valence electrons. The number of nitrogens with one attached hydrogen (secondary N) is 2. The van der Waals surface area contributed by atoms with Crippen molar-refractivity contribution in [3.63, 3.8) is 0 Å². The highest BCUT2D eigenvalue weighted by Crippen LogP contribution is 2.26. The van der Waals surface area contributed by atoms with Crippen LogP contribution in [-0.4, -0.2) is 22.6 Å². The van der Waals surface area contributed by atoms with Crippen LogP contribution in [0.25, 0.3) is 22.0 Å². The maximum absolute atomic E-state index is 12.9. The summed E-state index contributed by atoms with van der Waals surface area (Å²) in [4.78, 5) is 12.9. The highest BCUT2D eigenvalue weighted by molar-refractivity contribution is 6.30. The number of H-pyrrole nitrogens is 1. The van der Waals surface area contributed by atoms with Crippen molar-refractivity contribution in [1.29, 1.82) is 0 Å². The molecule has 0 radical (unpaired) electrons. The molecule has 0 aliphatic heterocycles. The maximum Gasteiger partial charge on any atom is 0.251 e. The Labute approximate surface area is 173 Å². The van der Waals surface area contributed by atoms with Crippen LogP contribution in [0.1, 0.15) is 27.7 Å². The SMILES string of the molecule is Cc1[nH]nc2ccc(-c3cccc(C(=O)NC(CN)c4cccc(Cl)c4)c3)cc12. The molecule has 0 spiro atoms. The highest BCUT2D eigenvalue weighted by Gasteiger charge is 2.15. The van der Waals surface area contributed by atoms with Crippen molar-refractivity contribution in [2.75, 3.05) is 6.54 Å². The quantitative estimate of drug-likeness (QED) is 0.453. The Morgan fingerprint density at radius 1 is 1.10 bits per heavy atom. The van der Waals surface area contributed by atoms with Gasteiger partial charge in [0.05, 0.1) is 11.6 Å². The minimum Gasteiger partial charge on any atom is -0.344 e. The Kier molecular flexibility index (Phi) is 5.34. The van der Waals surface area contributed by atoms with E-state index in [-0.39, 0.29) is 18.5 Å². The Balaban J connectivity index is 1.60. The lowest BCUT2D eigenvalue weighted by Crippen LogP contribution is -2.33. The summed E-state index contributed by atoms with van der Waals surface area (Å²) in [6, 6.07) is 20.7. The van der Waals surface area contributed by atoms with Gasteiger partial charge < -0.3 is 11.1 Å². The molecule has 4 aromatic rings. The van der Waals surface area contributed by atoms with E-state index in [1.807, 2.05) is 55.5 Å². The first-order chi connectivity index (χ1) is 14.0. The molecule has 3 aromatic carbocycles. The van der Waals surface area contributed by atoms with E-state index in [9.17, 15) is 4.79 Å². The number of nitrogens with zero attached hydrogens (tertiary/aromatic N) is 1. The second kappa shape index (κ2) is 8.07. The Morgan fingerprint density at radius 3 is 2.69 bits per heavy atom. The summed E-state index contributed by atoms with van der Waals surface area (Å²) in [6.45, 7) is 2.27. The lowest BCUT2D eigenvalue weighted by Gasteiger charge is -2.18. The average Bonchev–Trinajstić information content (AvgIpc) is 3.12. The molecule has 0 bridgehead atoms. The van der Waals surface area contributed by atoms with Crippen molar-refractivity contribution in [2.24, 2.45) is 5.73 Å². The number of hydrogen-bond donors (Lipinski definition) is 3. The Hall–Kier alpha value is -3.15. The minimum atomic E-state index is -0.310. The van der Waals surface area contributed by atoms with Crippen LogP contribution in [0.3, 0.4) is 0 Å². The molecule has 5 nitrogen and oxygen atoms in total. The fourth-order valence-corrected chi connectivity index (χ4v) is 3.60. The molecular weight excluding hydrogens is 384 g/mol. The largest absolute Gasteiger partial charge is 0.344 e. The number of nitrogens with two attached hydrogens (primary N) is 1. The van der Waals surface area contributed by atoms with Crippen molar-refractivity contribution in [3.8, 4) is 11.1 Å². The van der Waals surface area contributed by atoms with Crippen molar-refractivity contribution >= 4 is 28.4 Å². The monoisotopic (exact) mass is 404 g/mol. The van der Waals surface area contributed by atoms with Gasteiger partial charge in [-0.1, -0.05) is 41.9 Å². The van der Waals surface area contributed by atoms with Gasteiger partial charge in [-0.25, -0.2) is 0 Å². The fraction of sp³-hybridized carbons (Fsp3) is 0.130. The third kappa shape index (κ3) is 4.01. The molecule has 0 aliphatic rings. The number of aromatic nitrogens is 2. The van der Waals surface area contributed by atoms with Gasteiger partial charge in [0, 0.05) is 28.2 Å². The maximum atomic E-state index is 12.9. The summed E-state index contributed by atoms with van der Waals surface area (Å²) in [7, 11) is 0. The standard InChI is InChI=1S/C23H21ClN4O/c1-14-20-12-16(8-9-21(20)28-27-14)15-4-2-6-18(10-15)23(29)26-22(13-25)17-5-3-7-19(24)11-17/h2-12,22H,13,25H2,1H3,(H,26,29)(H,27,28). The lowest BCUT2D eigenvalue weighted by atomic mass is 10.0. The molecule has 29 heavy (non-hydrogen) atoms. The van der Waals surface area contributed by atoms with Crippen LogP contribution >= 0.6 is 11.6 Å². The number of carbonyl (C=O) groups is 1. The van der Waals surface area contributed by atoms with E-state index >= 15 is 0 Å². The predicted molar refractivity (Wildman–Crippen MR) is 117 cm³/mol. The first-order valence-electron chi connectivity index (χ1n) is 9.36. The van der Waals surface area contributed by atoms with Crippen LogP contribution in [0.2, 0.25) is 5.02 Å². The molecule has 0 fully saturated rings. The van der Waals surface area contributed by atoms with E-state index in [0.717, 1.165) is 33.3 Å². The topological polar surface area (TPSA) is 83.8 Å². The van der Waals surface area contributed by atoms with Gasteiger partial charge in [0.15, 0.2) is 0 Å². The zero-order chi connectivity index (χ0) is 20.4. The molecule has 6 heteroatoms. The number of fused-ring (bicyclic) bond motifs is 1. The van der Waals surface area contributed by atoms with Gasteiger partial charge >= 0.3 is 0 Å². The average molecular weight is 405 g/mol. The molecule has 1 heterocycles. The van der Waals surface area contributed by atoms with E-state index in [2.05, 4.69) is 21.6 Å². The zero-order valence-corrected chi connectivity index (χ0v) is 16.7. The van der Waals surface area contributed by atoms with E-state index in [1.165, 1.54) is 0 Å². The van der Waals surface area contributed by atoms with Crippen LogP contribution in [0, 0.1) is 6.92 Å². The first-order valence-corrected chi connectivity index (χ1v) is 9.74. The van der Waals surface area contributed by atoms with Gasteiger partial charge in [-0.3, -0.25) is 9.89 Å². The van der Waals surface area contributed by atoms with E-state index in [0.29, 0.717) is 10.6 Å². The normalized spacial score (nSPS) is 12.1. The summed E-state index contributed by atoms with van der Waals surface area (Å²) in [5, 5.41) is 11.9. The first kappa shape index (κ1) is 19.2. The van der Waals surface area contributed by atoms with Gasteiger partial charge in [-0.15, -0.1) is 0 Å². The summed E-state index contributed by atoms with van der Waals surface area (Å²) in [6.07, 6.45) is 0. The van der Waals surface area contributed by atoms with Gasteiger partial charge in [0.2, 0.25) is 0 Å². The second-order valence-corrected chi connectivity index (χ2v) is 7.41. The summed E-state index contributed by atoms with van der Waals surface area (Å²) in [5.41, 5.74) is 11.3. The Morgan fingerprint density at radius 2 is 1.90 bits per heavy atom. The van der Waals surface area contributed by atoms with E-state index in [4.69, 9.17) is 17.3 Å². The van der Waals surface area contributed by atoms with Crippen LogP contribution in [0.4, 0.5) is 0 Å². The number of benzene rings is 3.